The SMILES string of the molecule is Nc1c(F)cc(C=CCNC(=O)OCC2c3ccccc3-c3ccccc32)cc1F. The number of rotatable bonds is 5. The maximum absolute atomic E-state index is 13.4. The van der Waals surface area contributed by atoms with Gasteiger partial charge in [0.25, 0.3) is 0 Å². The molecule has 4 nitrogen and oxygen atoms in total. The van der Waals surface area contributed by atoms with Gasteiger partial charge >= 0.3 is 6.09 Å². The van der Waals surface area contributed by atoms with Gasteiger partial charge in [0.1, 0.15) is 23.9 Å². The molecule has 0 radical (unpaired) electrons. The van der Waals surface area contributed by atoms with Crippen molar-refractivity contribution >= 4 is 17.9 Å². The molecule has 0 heterocycles. The summed E-state index contributed by atoms with van der Waals surface area (Å²) in [6, 6.07) is 18.4. The molecule has 1 aliphatic rings. The summed E-state index contributed by atoms with van der Waals surface area (Å²) in [5, 5.41) is 2.61. The Kier molecular flexibility index (Phi) is 5.48. The first-order valence-corrected chi connectivity index (χ1v) is 9.54. The minimum absolute atomic E-state index is 0.0144. The second-order valence-corrected chi connectivity index (χ2v) is 7.01. The molecular formula is C24H20F2N2O2. The van der Waals surface area contributed by atoms with Gasteiger partial charge in [-0.3, -0.25) is 0 Å². The number of hydrogen-bond donors (Lipinski definition) is 2. The van der Waals surface area contributed by atoms with Crippen LogP contribution in [0.3, 0.4) is 0 Å². The van der Waals surface area contributed by atoms with Crippen LogP contribution in [0.15, 0.2) is 66.7 Å². The molecule has 0 aliphatic heterocycles. The number of carbonyl (C=O) groups is 1. The summed E-state index contributed by atoms with van der Waals surface area (Å²) < 4.78 is 32.3. The van der Waals surface area contributed by atoms with Crippen molar-refractivity contribution in [2.45, 2.75) is 5.92 Å². The zero-order chi connectivity index (χ0) is 21.1. The molecule has 0 saturated carbocycles. The predicted molar refractivity (Wildman–Crippen MR) is 113 cm³/mol. The van der Waals surface area contributed by atoms with Crippen molar-refractivity contribution in [3.05, 3.63) is 95.1 Å². The Morgan fingerprint density at radius 3 is 2.17 bits per heavy atom. The van der Waals surface area contributed by atoms with Crippen LogP contribution < -0.4 is 11.1 Å². The number of nitrogens with one attached hydrogen (secondary N) is 1. The van der Waals surface area contributed by atoms with E-state index in [1.54, 1.807) is 6.08 Å². The molecule has 0 fully saturated rings. The van der Waals surface area contributed by atoms with Gasteiger partial charge in [0.15, 0.2) is 0 Å². The Bertz CT molecular complexity index is 1060. The highest BCUT2D eigenvalue weighted by atomic mass is 19.1. The van der Waals surface area contributed by atoms with E-state index in [-0.39, 0.29) is 19.1 Å². The van der Waals surface area contributed by atoms with Crippen LogP contribution in [0.4, 0.5) is 19.3 Å². The summed E-state index contributed by atoms with van der Waals surface area (Å²) in [5.41, 5.74) is 9.64. The van der Waals surface area contributed by atoms with Crippen molar-refractivity contribution < 1.29 is 18.3 Å². The molecule has 30 heavy (non-hydrogen) atoms. The van der Waals surface area contributed by atoms with E-state index in [9.17, 15) is 13.6 Å². The number of halogens is 2. The molecule has 3 aromatic carbocycles. The summed E-state index contributed by atoms with van der Waals surface area (Å²) in [4.78, 5) is 12.1. The molecular weight excluding hydrogens is 386 g/mol. The lowest BCUT2D eigenvalue weighted by Crippen LogP contribution is -2.26. The average Bonchev–Trinajstić information content (AvgIpc) is 3.07. The number of fused-ring (bicyclic) bond motifs is 3. The topological polar surface area (TPSA) is 64.3 Å². The minimum atomic E-state index is -0.820. The van der Waals surface area contributed by atoms with E-state index in [4.69, 9.17) is 10.5 Å². The lowest BCUT2D eigenvalue weighted by Gasteiger charge is -2.14. The monoisotopic (exact) mass is 406 g/mol. The number of anilines is 1. The van der Waals surface area contributed by atoms with E-state index in [2.05, 4.69) is 29.6 Å². The third-order valence-electron chi connectivity index (χ3n) is 5.12. The fourth-order valence-electron chi connectivity index (χ4n) is 3.69. The van der Waals surface area contributed by atoms with Crippen molar-refractivity contribution in [2.24, 2.45) is 0 Å². The Labute approximate surface area is 173 Å². The molecule has 3 aromatic rings. The summed E-state index contributed by atoms with van der Waals surface area (Å²) in [7, 11) is 0. The van der Waals surface area contributed by atoms with E-state index in [1.165, 1.54) is 6.08 Å². The second kappa shape index (κ2) is 8.37. The third kappa shape index (κ3) is 3.89. The first-order chi connectivity index (χ1) is 14.5. The summed E-state index contributed by atoms with van der Waals surface area (Å²) in [6.45, 7) is 0.377. The van der Waals surface area contributed by atoms with Crippen LogP contribution in [0, 0.1) is 11.6 Å². The van der Waals surface area contributed by atoms with Crippen LogP contribution >= 0.6 is 0 Å². The molecule has 4 rings (SSSR count). The minimum Gasteiger partial charge on any atom is -0.449 e. The standard InChI is InChI=1S/C24H20F2N2O2/c25-21-12-15(13-22(26)23(21)27)6-5-11-28-24(29)30-14-20-18-9-3-1-7-16(18)17-8-2-4-10-19(17)20/h1-10,12-13,20H,11,14,27H2,(H,28,29). The molecule has 0 atom stereocenters. The van der Waals surface area contributed by atoms with Gasteiger partial charge in [-0.2, -0.15) is 0 Å². The van der Waals surface area contributed by atoms with Crippen LogP contribution in [-0.2, 0) is 4.74 Å². The predicted octanol–water partition coefficient (Wildman–Crippen LogP) is 5.10. The molecule has 1 amide bonds. The highest BCUT2D eigenvalue weighted by Crippen LogP contribution is 2.44. The first-order valence-electron chi connectivity index (χ1n) is 9.54. The number of benzene rings is 3. The maximum atomic E-state index is 13.4. The van der Waals surface area contributed by atoms with Gasteiger partial charge in [0, 0.05) is 12.5 Å². The molecule has 152 valence electrons. The number of carbonyl (C=O) groups excluding carboxylic acids is 1. The van der Waals surface area contributed by atoms with Crippen molar-refractivity contribution in [2.75, 3.05) is 18.9 Å². The van der Waals surface area contributed by atoms with Crippen molar-refractivity contribution in [3.8, 4) is 11.1 Å². The molecule has 0 unspecified atom stereocenters. The van der Waals surface area contributed by atoms with E-state index in [0.29, 0.717) is 5.56 Å². The highest BCUT2D eigenvalue weighted by Gasteiger charge is 2.28. The van der Waals surface area contributed by atoms with E-state index in [0.717, 1.165) is 34.4 Å². The Hall–Kier alpha value is -3.67. The molecule has 0 spiro atoms. The number of nitrogens with two attached hydrogens (primary N) is 1. The van der Waals surface area contributed by atoms with Gasteiger partial charge in [-0.1, -0.05) is 60.7 Å². The van der Waals surface area contributed by atoms with Gasteiger partial charge in [0.05, 0.1) is 0 Å². The van der Waals surface area contributed by atoms with Gasteiger partial charge in [-0.05, 0) is 39.9 Å². The molecule has 0 aromatic heterocycles. The van der Waals surface area contributed by atoms with Crippen LogP contribution in [-0.4, -0.2) is 19.2 Å². The van der Waals surface area contributed by atoms with E-state index < -0.39 is 23.4 Å². The van der Waals surface area contributed by atoms with Crippen LogP contribution in [0.1, 0.15) is 22.6 Å². The zero-order valence-corrected chi connectivity index (χ0v) is 16.1. The normalized spacial score (nSPS) is 12.6. The zero-order valence-electron chi connectivity index (χ0n) is 16.1. The highest BCUT2D eigenvalue weighted by molar-refractivity contribution is 5.79. The number of ether oxygens (including phenoxy) is 1. The molecule has 1 aliphatic carbocycles. The van der Waals surface area contributed by atoms with Crippen LogP contribution in [0.25, 0.3) is 17.2 Å². The summed E-state index contributed by atoms with van der Waals surface area (Å²) in [5.74, 6) is -1.65. The van der Waals surface area contributed by atoms with E-state index in [1.807, 2.05) is 24.3 Å². The van der Waals surface area contributed by atoms with Crippen LogP contribution in [0.2, 0.25) is 0 Å². The number of hydrogen-bond acceptors (Lipinski definition) is 3. The van der Waals surface area contributed by atoms with Gasteiger partial charge in [-0.15, -0.1) is 0 Å². The van der Waals surface area contributed by atoms with Crippen molar-refractivity contribution in [1.82, 2.24) is 5.32 Å². The molecule has 6 heteroatoms. The smallest absolute Gasteiger partial charge is 0.407 e. The lowest BCUT2D eigenvalue weighted by molar-refractivity contribution is 0.144. The van der Waals surface area contributed by atoms with E-state index >= 15 is 0 Å². The third-order valence-corrected chi connectivity index (χ3v) is 5.12. The lowest BCUT2D eigenvalue weighted by atomic mass is 9.98. The fraction of sp³-hybridized carbons (Fsp3) is 0.125. The Balaban J connectivity index is 1.34. The maximum Gasteiger partial charge on any atom is 0.407 e. The molecule has 3 N–H and O–H groups in total. The quantitative estimate of drug-likeness (QED) is 0.580. The molecule has 0 saturated heterocycles. The van der Waals surface area contributed by atoms with Crippen molar-refractivity contribution in [3.63, 3.8) is 0 Å². The van der Waals surface area contributed by atoms with Gasteiger partial charge < -0.3 is 15.8 Å². The number of nitrogen functional groups attached to an aromatic ring is 1. The first kappa shape index (κ1) is 19.6. The van der Waals surface area contributed by atoms with Gasteiger partial charge in [-0.25, -0.2) is 13.6 Å². The second-order valence-electron chi connectivity index (χ2n) is 7.01. The average molecular weight is 406 g/mol. The summed E-state index contributed by atoms with van der Waals surface area (Å²) >= 11 is 0. The largest absolute Gasteiger partial charge is 0.449 e. The number of alkyl carbamates (subject to hydrolysis) is 1. The van der Waals surface area contributed by atoms with Crippen molar-refractivity contribution in [1.29, 1.82) is 0 Å². The van der Waals surface area contributed by atoms with Crippen LogP contribution in [0.5, 0.6) is 0 Å². The molecule has 0 bridgehead atoms. The fourth-order valence-corrected chi connectivity index (χ4v) is 3.69. The Morgan fingerprint density at radius 1 is 1.00 bits per heavy atom. The van der Waals surface area contributed by atoms with Gasteiger partial charge in [0.2, 0.25) is 0 Å². The number of amides is 1. The summed E-state index contributed by atoms with van der Waals surface area (Å²) in [6.07, 6.45) is 2.51. The Morgan fingerprint density at radius 2 is 1.57 bits per heavy atom.